The van der Waals surface area contributed by atoms with Crippen LogP contribution in [0.15, 0.2) is 18.2 Å². The number of hydrogen-bond acceptors (Lipinski definition) is 3. The summed E-state index contributed by atoms with van der Waals surface area (Å²) in [7, 11) is 1.57. The van der Waals surface area contributed by atoms with Gasteiger partial charge in [-0.05, 0) is 30.2 Å². The highest BCUT2D eigenvalue weighted by Crippen LogP contribution is 2.22. The van der Waals surface area contributed by atoms with E-state index in [4.69, 9.17) is 15.6 Å². The number of nitrogens with two attached hydrogens (primary N) is 1. The van der Waals surface area contributed by atoms with Crippen molar-refractivity contribution >= 4 is 5.97 Å². The molecule has 1 atom stereocenters. The molecule has 1 rings (SSSR count). The van der Waals surface area contributed by atoms with E-state index < -0.39 is 12.0 Å². The number of aryl methyl sites for hydroxylation is 1. The maximum atomic E-state index is 10.5. The second kappa shape index (κ2) is 4.79. The molecule has 1 aromatic rings. The molecule has 15 heavy (non-hydrogen) atoms. The zero-order chi connectivity index (χ0) is 11.4. The van der Waals surface area contributed by atoms with E-state index in [1.54, 1.807) is 13.2 Å². The molecule has 0 aromatic heterocycles. The molecule has 4 heteroatoms. The van der Waals surface area contributed by atoms with Gasteiger partial charge in [0.1, 0.15) is 5.75 Å². The average Bonchev–Trinajstić information content (AvgIpc) is 2.15. The molecule has 1 aromatic carbocycles. The van der Waals surface area contributed by atoms with Crippen LogP contribution >= 0.6 is 0 Å². The van der Waals surface area contributed by atoms with Crippen LogP contribution in [-0.2, 0) is 4.79 Å². The molecular formula is C11H15NO3. The van der Waals surface area contributed by atoms with Crippen molar-refractivity contribution in [3.63, 3.8) is 0 Å². The van der Waals surface area contributed by atoms with Gasteiger partial charge in [-0.25, -0.2) is 0 Å². The first-order valence-corrected chi connectivity index (χ1v) is 4.66. The number of aliphatic carboxylic acids is 1. The maximum absolute atomic E-state index is 10.5. The number of ether oxygens (including phenoxy) is 1. The van der Waals surface area contributed by atoms with Crippen molar-refractivity contribution in [2.75, 3.05) is 7.11 Å². The monoisotopic (exact) mass is 209 g/mol. The quantitative estimate of drug-likeness (QED) is 0.787. The lowest BCUT2D eigenvalue weighted by atomic mass is 10.0. The third kappa shape index (κ3) is 3.25. The minimum absolute atomic E-state index is 0.0768. The fraction of sp³-hybridized carbons (Fsp3) is 0.364. The third-order valence-electron chi connectivity index (χ3n) is 2.13. The summed E-state index contributed by atoms with van der Waals surface area (Å²) in [6, 6.07) is 5.02. The summed E-state index contributed by atoms with van der Waals surface area (Å²) >= 11 is 0. The molecule has 0 spiro atoms. The van der Waals surface area contributed by atoms with E-state index in [-0.39, 0.29) is 6.42 Å². The van der Waals surface area contributed by atoms with Gasteiger partial charge in [-0.3, -0.25) is 4.79 Å². The van der Waals surface area contributed by atoms with E-state index >= 15 is 0 Å². The summed E-state index contributed by atoms with van der Waals surface area (Å²) < 4.78 is 5.09. The Labute approximate surface area is 88.7 Å². The molecule has 0 fully saturated rings. The predicted molar refractivity (Wildman–Crippen MR) is 56.9 cm³/mol. The summed E-state index contributed by atoms with van der Waals surface area (Å²) in [5.41, 5.74) is 7.54. The molecule has 0 radical (unpaired) electrons. The Morgan fingerprint density at radius 2 is 2.20 bits per heavy atom. The van der Waals surface area contributed by atoms with Crippen molar-refractivity contribution in [2.24, 2.45) is 5.73 Å². The van der Waals surface area contributed by atoms with Gasteiger partial charge in [0, 0.05) is 6.04 Å². The van der Waals surface area contributed by atoms with Crippen molar-refractivity contribution in [1.29, 1.82) is 0 Å². The highest BCUT2D eigenvalue weighted by molar-refractivity contribution is 5.68. The highest BCUT2D eigenvalue weighted by atomic mass is 16.5. The van der Waals surface area contributed by atoms with Crippen molar-refractivity contribution < 1.29 is 14.6 Å². The molecule has 0 bridgehead atoms. The number of hydrogen-bond donors (Lipinski definition) is 2. The molecule has 0 heterocycles. The summed E-state index contributed by atoms with van der Waals surface area (Å²) in [6.07, 6.45) is -0.0768. The Bertz CT molecular complexity index is 363. The minimum Gasteiger partial charge on any atom is -0.497 e. The molecule has 0 aliphatic carbocycles. The van der Waals surface area contributed by atoms with Gasteiger partial charge in [0.25, 0.3) is 0 Å². The first kappa shape index (κ1) is 11.5. The van der Waals surface area contributed by atoms with E-state index in [9.17, 15) is 4.79 Å². The molecule has 82 valence electrons. The summed E-state index contributed by atoms with van der Waals surface area (Å²) in [5, 5.41) is 8.63. The summed E-state index contributed by atoms with van der Waals surface area (Å²) in [6.45, 7) is 1.92. The fourth-order valence-corrected chi connectivity index (χ4v) is 1.41. The molecule has 0 aliphatic rings. The lowest BCUT2D eigenvalue weighted by Gasteiger charge is -2.12. The van der Waals surface area contributed by atoms with Crippen LogP contribution in [0.25, 0.3) is 0 Å². The molecule has 0 amide bonds. The molecule has 3 N–H and O–H groups in total. The number of carboxylic acids is 1. The Morgan fingerprint density at radius 1 is 1.53 bits per heavy atom. The normalized spacial score (nSPS) is 12.2. The van der Waals surface area contributed by atoms with Gasteiger partial charge in [-0.15, -0.1) is 0 Å². The molecule has 1 unspecified atom stereocenters. The van der Waals surface area contributed by atoms with Gasteiger partial charge >= 0.3 is 5.97 Å². The molecule has 0 saturated carbocycles. The lowest BCUT2D eigenvalue weighted by Crippen LogP contribution is -2.15. The van der Waals surface area contributed by atoms with E-state index in [1.807, 2.05) is 19.1 Å². The van der Waals surface area contributed by atoms with Crippen molar-refractivity contribution in [3.05, 3.63) is 29.3 Å². The standard InChI is InChI=1S/C11H15NO3/c1-7-3-8(5-9(4-7)15-2)10(12)6-11(13)14/h3-5,10H,6,12H2,1-2H3,(H,13,14). The maximum Gasteiger partial charge on any atom is 0.305 e. The van der Waals surface area contributed by atoms with Crippen LogP contribution in [0.3, 0.4) is 0 Å². The van der Waals surface area contributed by atoms with E-state index in [2.05, 4.69) is 0 Å². The fourth-order valence-electron chi connectivity index (χ4n) is 1.41. The molecule has 0 aliphatic heterocycles. The number of carbonyl (C=O) groups is 1. The third-order valence-corrected chi connectivity index (χ3v) is 2.13. The van der Waals surface area contributed by atoms with E-state index in [0.29, 0.717) is 5.75 Å². The van der Waals surface area contributed by atoms with Crippen molar-refractivity contribution in [2.45, 2.75) is 19.4 Å². The van der Waals surface area contributed by atoms with Gasteiger partial charge in [-0.1, -0.05) is 6.07 Å². The van der Waals surface area contributed by atoms with Crippen molar-refractivity contribution in [1.82, 2.24) is 0 Å². The van der Waals surface area contributed by atoms with Gasteiger partial charge in [0.15, 0.2) is 0 Å². The van der Waals surface area contributed by atoms with Crippen LogP contribution in [0.4, 0.5) is 0 Å². The molecular weight excluding hydrogens is 194 g/mol. The van der Waals surface area contributed by atoms with Gasteiger partial charge < -0.3 is 15.6 Å². The number of carboxylic acid groups (broad SMARTS) is 1. The number of rotatable bonds is 4. The Balaban J connectivity index is 2.92. The zero-order valence-electron chi connectivity index (χ0n) is 8.86. The van der Waals surface area contributed by atoms with E-state index in [0.717, 1.165) is 11.1 Å². The first-order valence-electron chi connectivity index (χ1n) is 4.66. The first-order chi connectivity index (χ1) is 7.02. The van der Waals surface area contributed by atoms with Crippen LogP contribution in [0.2, 0.25) is 0 Å². The van der Waals surface area contributed by atoms with Gasteiger partial charge in [-0.2, -0.15) is 0 Å². The molecule has 0 saturated heterocycles. The Morgan fingerprint density at radius 3 is 2.73 bits per heavy atom. The predicted octanol–water partition coefficient (Wildman–Crippen LogP) is 1.48. The van der Waals surface area contributed by atoms with Crippen LogP contribution in [-0.4, -0.2) is 18.2 Å². The molecule has 4 nitrogen and oxygen atoms in total. The summed E-state index contributed by atoms with van der Waals surface area (Å²) in [4.78, 5) is 10.5. The minimum atomic E-state index is -0.900. The SMILES string of the molecule is COc1cc(C)cc(C(N)CC(=O)O)c1. The van der Waals surface area contributed by atoms with E-state index in [1.165, 1.54) is 0 Å². The number of benzene rings is 1. The van der Waals surface area contributed by atoms with Crippen LogP contribution in [0.1, 0.15) is 23.6 Å². The second-order valence-electron chi connectivity index (χ2n) is 3.49. The Kier molecular flexibility index (Phi) is 3.68. The van der Waals surface area contributed by atoms with Crippen molar-refractivity contribution in [3.8, 4) is 5.75 Å². The largest absolute Gasteiger partial charge is 0.497 e. The smallest absolute Gasteiger partial charge is 0.305 e. The number of methoxy groups -OCH3 is 1. The second-order valence-corrected chi connectivity index (χ2v) is 3.49. The highest BCUT2D eigenvalue weighted by Gasteiger charge is 2.11. The summed E-state index contributed by atoms with van der Waals surface area (Å²) in [5.74, 6) is -0.200. The topological polar surface area (TPSA) is 72.5 Å². The van der Waals surface area contributed by atoms with Gasteiger partial charge in [0.05, 0.1) is 13.5 Å². The Hall–Kier alpha value is -1.55. The zero-order valence-corrected chi connectivity index (χ0v) is 8.86. The lowest BCUT2D eigenvalue weighted by molar-refractivity contribution is -0.137. The van der Waals surface area contributed by atoms with Crippen LogP contribution in [0, 0.1) is 6.92 Å². The van der Waals surface area contributed by atoms with Crippen LogP contribution in [0.5, 0.6) is 5.75 Å². The van der Waals surface area contributed by atoms with Crippen LogP contribution < -0.4 is 10.5 Å². The average molecular weight is 209 g/mol. The van der Waals surface area contributed by atoms with Gasteiger partial charge in [0.2, 0.25) is 0 Å².